The van der Waals surface area contributed by atoms with Crippen LogP contribution in [0.3, 0.4) is 0 Å². The highest BCUT2D eigenvalue weighted by atomic mass is 32.1. The van der Waals surface area contributed by atoms with E-state index in [1.165, 1.54) is 5.56 Å². The number of fused-ring (bicyclic) bond motifs is 3. The molecule has 1 fully saturated rings. The number of aromatic amines is 1. The fourth-order valence-electron chi connectivity index (χ4n) is 4.84. The molecule has 2 aromatic heterocycles. The summed E-state index contributed by atoms with van der Waals surface area (Å²) in [5.74, 6) is 0.0744. The Kier molecular flexibility index (Phi) is 3.93. The maximum absolute atomic E-state index is 13.2. The highest BCUT2D eigenvalue weighted by molar-refractivity contribution is 7.10. The molecular weight excluding hydrogens is 356 g/mol. The Balaban J connectivity index is 1.50. The number of nitrogens with one attached hydrogen (secondary N) is 2. The molecule has 0 radical (unpaired) electrons. The molecule has 5 rings (SSSR count). The Morgan fingerprint density at radius 1 is 1.07 bits per heavy atom. The van der Waals surface area contributed by atoms with Gasteiger partial charge in [0.25, 0.3) is 5.56 Å². The molecule has 0 saturated heterocycles. The molecule has 2 aliphatic rings. The summed E-state index contributed by atoms with van der Waals surface area (Å²) in [5.41, 5.74) is 3.29. The molecule has 1 saturated carbocycles. The van der Waals surface area contributed by atoms with Gasteiger partial charge in [-0.25, -0.2) is 0 Å². The molecule has 0 unspecified atom stereocenters. The fraction of sp³-hybridized carbons (Fsp3) is 0.364. The number of thiophene rings is 1. The molecule has 2 aliphatic carbocycles. The van der Waals surface area contributed by atoms with Gasteiger partial charge in [0.05, 0.1) is 10.9 Å². The number of benzene rings is 1. The number of aryl methyl sites for hydroxylation is 1. The maximum Gasteiger partial charge on any atom is 0.251 e. The number of aromatic nitrogens is 1. The molecule has 5 heteroatoms. The van der Waals surface area contributed by atoms with Gasteiger partial charge in [0.15, 0.2) is 0 Å². The van der Waals surface area contributed by atoms with E-state index in [9.17, 15) is 9.59 Å². The lowest BCUT2D eigenvalue weighted by molar-refractivity contribution is -0.121. The summed E-state index contributed by atoms with van der Waals surface area (Å²) in [6.07, 6.45) is 6.84. The average molecular weight is 378 g/mol. The van der Waals surface area contributed by atoms with E-state index in [2.05, 4.69) is 16.4 Å². The zero-order valence-corrected chi connectivity index (χ0v) is 16.0. The van der Waals surface area contributed by atoms with Gasteiger partial charge in [-0.05, 0) is 61.2 Å². The lowest BCUT2D eigenvalue weighted by Gasteiger charge is -2.26. The number of hydrogen-bond acceptors (Lipinski definition) is 3. The van der Waals surface area contributed by atoms with Gasteiger partial charge in [-0.2, -0.15) is 0 Å². The van der Waals surface area contributed by atoms with Crippen LogP contribution in [0.25, 0.3) is 10.9 Å². The van der Waals surface area contributed by atoms with Crippen LogP contribution in [0.4, 0.5) is 5.69 Å². The van der Waals surface area contributed by atoms with Crippen molar-refractivity contribution in [1.82, 2.24) is 4.98 Å². The number of H-pyrrole nitrogens is 1. The summed E-state index contributed by atoms with van der Waals surface area (Å²) < 4.78 is 0. The molecule has 3 aromatic rings. The van der Waals surface area contributed by atoms with E-state index in [0.29, 0.717) is 0 Å². The van der Waals surface area contributed by atoms with Gasteiger partial charge >= 0.3 is 0 Å². The van der Waals surface area contributed by atoms with E-state index in [1.54, 1.807) is 11.3 Å². The summed E-state index contributed by atoms with van der Waals surface area (Å²) >= 11 is 1.67. The zero-order valence-electron chi connectivity index (χ0n) is 15.1. The quantitative estimate of drug-likeness (QED) is 0.703. The minimum atomic E-state index is -0.408. The predicted octanol–water partition coefficient (Wildman–Crippen LogP) is 4.53. The van der Waals surface area contributed by atoms with Gasteiger partial charge in [-0.1, -0.05) is 25.0 Å². The second kappa shape index (κ2) is 6.34. The molecule has 0 bridgehead atoms. The summed E-state index contributed by atoms with van der Waals surface area (Å²) in [5, 5.41) is 6.29. The highest BCUT2D eigenvalue weighted by Gasteiger charge is 2.43. The van der Waals surface area contributed by atoms with Crippen LogP contribution < -0.4 is 10.9 Å². The molecule has 27 heavy (non-hydrogen) atoms. The van der Waals surface area contributed by atoms with Crippen molar-refractivity contribution in [2.24, 2.45) is 0 Å². The minimum absolute atomic E-state index is 0.0179. The first-order valence-corrected chi connectivity index (χ1v) is 10.6. The average Bonchev–Trinajstić information content (AvgIpc) is 3.41. The van der Waals surface area contributed by atoms with Crippen LogP contribution in [0.5, 0.6) is 0 Å². The summed E-state index contributed by atoms with van der Waals surface area (Å²) in [4.78, 5) is 29.7. The van der Waals surface area contributed by atoms with Gasteiger partial charge in [0.2, 0.25) is 5.91 Å². The van der Waals surface area contributed by atoms with Crippen molar-refractivity contribution in [2.45, 2.75) is 50.4 Å². The molecule has 1 aromatic carbocycles. The molecule has 2 N–H and O–H groups in total. The van der Waals surface area contributed by atoms with Crippen molar-refractivity contribution in [3.05, 3.63) is 62.1 Å². The molecular formula is C22H22N2O2S. The molecule has 2 heterocycles. The van der Waals surface area contributed by atoms with Gasteiger partial charge in [-0.15, -0.1) is 11.3 Å². The van der Waals surface area contributed by atoms with Crippen LogP contribution in [0, 0.1) is 0 Å². The van der Waals surface area contributed by atoms with Crippen LogP contribution in [-0.2, 0) is 23.1 Å². The smallest absolute Gasteiger partial charge is 0.251 e. The van der Waals surface area contributed by atoms with Gasteiger partial charge in [0, 0.05) is 21.5 Å². The Bertz CT molecular complexity index is 1080. The Labute approximate surface area is 161 Å². The molecule has 1 amide bonds. The lowest BCUT2D eigenvalue weighted by atomic mass is 9.83. The van der Waals surface area contributed by atoms with Crippen LogP contribution in [-0.4, -0.2) is 10.9 Å². The SMILES string of the molecule is O=C(Nc1ccc2c3c(c(=O)[nH]c2c1)CCC3)C1(c2cccs2)CCCC1. The van der Waals surface area contributed by atoms with Crippen molar-refractivity contribution >= 4 is 33.8 Å². The molecule has 0 atom stereocenters. The Morgan fingerprint density at radius 3 is 2.67 bits per heavy atom. The number of pyridine rings is 1. The van der Waals surface area contributed by atoms with Gasteiger partial charge in [-0.3, -0.25) is 9.59 Å². The minimum Gasteiger partial charge on any atom is -0.325 e. The van der Waals surface area contributed by atoms with Crippen molar-refractivity contribution < 1.29 is 4.79 Å². The predicted molar refractivity (Wildman–Crippen MR) is 110 cm³/mol. The van der Waals surface area contributed by atoms with Crippen molar-refractivity contribution in [2.75, 3.05) is 5.32 Å². The van der Waals surface area contributed by atoms with Crippen LogP contribution in [0.2, 0.25) is 0 Å². The first-order chi connectivity index (χ1) is 13.2. The first kappa shape index (κ1) is 16.8. The van der Waals surface area contributed by atoms with Crippen molar-refractivity contribution in [3.8, 4) is 0 Å². The summed E-state index contributed by atoms with van der Waals surface area (Å²) in [6, 6.07) is 10.0. The summed E-state index contributed by atoms with van der Waals surface area (Å²) in [7, 11) is 0. The van der Waals surface area contributed by atoms with Crippen LogP contribution in [0.15, 0.2) is 40.5 Å². The topological polar surface area (TPSA) is 62.0 Å². The third-order valence-corrected chi connectivity index (χ3v) is 7.30. The number of amides is 1. The van der Waals surface area contributed by atoms with E-state index >= 15 is 0 Å². The standard InChI is InChI=1S/C22H22N2O2S/c25-20-17-6-3-5-15(17)16-9-8-14(13-18(16)24-20)23-21(26)22(10-1-2-11-22)19-7-4-12-27-19/h4,7-9,12-13H,1-3,5-6,10-11H2,(H,23,26)(H,24,25). The molecule has 4 nitrogen and oxygen atoms in total. The van der Waals surface area contributed by atoms with E-state index in [4.69, 9.17) is 0 Å². The highest BCUT2D eigenvalue weighted by Crippen LogP contribution is 2.44. The third kappa shape index (κ3) is 2.64. The monoisotopic (exact) mass is 378 g/mol. The fourth-order valence-corrected chi connectivity index (χ4v) is 5.83. The number of anilines is 1. The molecule has 0 spiro atoms. The maximum atomic E-state index is 13.2. The van der Waals surface area contributed by atoms with E-state index in [1.807, 2.05) is 29.6 Å². The molecule has 138 valence electrons. The Morgan fingerprint density at radius 2 is 1.89 bits per heavy atom. The van der Waals surface area contributed by atoms with Crippen molar-refractivity contribution in [1.29, 1.82) is 0 Å². The van der Waals surface area contributed by atoms with Gasteiger partial charge in [0.1, 0.15) is 0 Å². The normalized spacial score (nSPS) is 17.9. The third-order valence-electron chi connectivity index (χ3n) is 6.23. The summed E-state index contributed by atoms with van der Waals surface area (Å²) in [6.45, 7) is 0. The van der Waals surface area contributed by atoms with Gasteiger partial charge < -0.3 is 10.3 Å². The zero-order chi connectivity index (χ0) is 18.4. The number of carbonyl (C=O) groups excluding carboxylic acids is 1. The van der Waals surface area contributed by atoms with Crippen molar-refractivity contribution in [3.63, 3.8) is 0 Å². The number of hydrogen-bond donors (Lipinski definition) is 2. The van der Waals surface area contributed by atoms with E-state index < -0.39 is 5.41 Å². The van der Waals surface area contributed by atoms with Crippen LogP contribution >= 0.6 is 11.3 Å². The lowest BCUT2D eigenvalue weighted by Crippen LogP contribution is -2.37. The number of rotatable bonds is 3. The largest absolute Gasteiger partial charge is 0.325 e. The second-order valence-electron chi connectivity index (χ2n) is 7.75. The second-order valence-corrected chi connectivity index (χ2v) is 8.69. The van der Waals surface area contributed by atoms with E-state index in [0.717, 1.165) is 72.0 Å². The molecule has 0 aliphatic heterocycles. The Hall–Kier alpha value is -2.40. The number of carbonyl (C=O) groups is 1. The van der Waals surface area contributed by atoms with E-state index in [-0.39, 0.29) is 11.5 Å². The van der Waals surface area contributed by atoms with Crippen LogP contribution in [0.1, 0.15) is 48.1 Å². The first-order valence-electron chi connectivity index (χ1n) is 9.71.